The summed E-state index contributed by atoms with van der Waals surface area (Å²) >= 11 is 5.35. The molecule has 0 aromatic heterocycles. The Balaban J connectivity index is 3.12. The first-order chi connectivity index (χ1) is 4.63. The van der Waals surface area contributed by atoms with Crippen LogP contribution >= 0.6 is 11.6 Å². The van der Waals surface area contributed by atoms with Gasteiger partial charge in [0.2, 0.25) is 5.78 Å². The first-order valence-electron chi connectivity index (χ1n) is 2.55. The van der Waals surface area contributed by atoms with Gasteiger partial charge in [-0.15, -0.1) is 0 Å². The number of carbonyl (C=O) groups excluding carboxylic acids is 2. The number of hydrogen-bond acceptors (Lipinski definition) is 3. The molecule has 0 saturated carbocycles. The van der Waals surface area contributed by atoms with Gasteiger partial charge in [-0.1, -0.05) is 11.6 Å². The molecule has 3 nitrogen and oxygen atoms in total. The molecule has 52 valence electrons. The largest absolute Gasteiger partial charge is 0.394 e. The third kappa shape index (κ3) is 0.953. The van der Waals surface area contributed by atoms with Crippen LogP contribution in [0.3, 0.4) is 0 Å². The molecule has 1 aliphatic rings. The van der Waals surface area contributed by atoms with Crippen LogP contribution in [-0.2, 0) is 9.59 Å². The summed E-state index contributed by atoms with van der Waals surface area (Å²) in [7, 11) is 0. The molecule has 2 N–H and O–H groups in total. The summed E-state index contributed by atoms with van der Waals surface area (Å²) in [4.78, 5) is 21.3. The molecule has 0 aromatic carbocycles. The van der Waals surface area contributed by atoms with Crippen LogP contribution in [0.4, 0.5) is 0 Å². The Morgan fingerprint density at radius 1 is 1.20 bits per heavy atom. The second-order valence-electron chi connectivity index (χ2n) is 1.79. The SMILES string of the molecule is NC1=C(Cl)C(=O)C=CC1=O. The molecule has 0 bridgehead atoms. The second-order valence-corrected chi connectivity index (χ2v) is 2.17. The van der Waals surface area contributed by atoms with Crippen LogP contribution in [0.5, 0.6) is 0 Å². The van der Waals surface area contributed by atoms with E-state index < -0.39 is 11.6 Å². The van der Waals surface area contributed by atoms with Crippen LogP contribution in [0.1, 0.15) is 0 Å². The van der Waals surface area contributed by atoms with Crippen LogP contribution in [-0.4, -0.2) is 11.6 Å². The monoisotopic (exact) mass is 157 g/mol. The van der Waals surface area contributed by atoms with Gasteiger partial charge in [-0.3, -0.25) is 9.59 Å². The number of rotatable bonds is 0. The molecule has 10 heavy (non-hydrogen) atoms. The van der Waals surface area contributed by atoms with Crippen molar-refractivity contribution in [2.45, 2.75) is 0 Å². The summed E-state index contributed by atoms with van der Waals surface area (Å²) < 4.78 is 0. The lowest BCUT2D eigenvalue weighted by Crippen LogP contribution is -2.17. The predicted octanol–water partition coefficient (Wildman–Crippen LogP) is 0.104. The molecule has 0 aromatic rings. The minimum Gasteiger partial charge on any atom is -0.394 e. The lowest BCUT2D eigenvalue weighted by Gasteiger charge is -2.02. The number of ketones is 2. The number of allylic oxidation sites excluding steroid dienone is 3. The van der Waals surface area contributed by atoms with Crippen molar-refractivity contribution < 1.29 is 9.59 Å². The maximum Gasteiger partial charge on any atom is 0.203 e. The fourth-order valence-electron chi connectivity index (χ4n) is 0.555. The summed E-state index contributed by atoms with van der Waals surface area (Å²) in [5.74, 6) is -0.830. The average Bonchev–Trinajstić information content (AvgIpc) is 1.93. The van der Waals surface area contributed by atoms with E-state index in [9.17, 15) is 9.59 Å². The Morgan fingerprint density at radius 2 is 1.70 bits per heavy atom. The third-order valence-electron chi connectivity index (χ3n) is 1.10. The highest BCUT2D eigenvalue weighted by Crippen LogP contribution is 2.12. The van der Waals surface area contributed by atoms with Crippen LogP contribution in [0.25, 0.3) is 0 Å². The van der Waals surface area contributed by atoms with Crippen molar-refractivity contribution in [3.8, 4) is 0 Å². The van der Waals surface area contributed by atoms with Crippen LogP contribution in [0.2, 0.25) is 0 Å². The van der Waals surface area contributed by atoms with E-state index in [1.807, 2.05) is 0 Å². The molecule has 0 unspecified atom stereocenters. The molecule has 0 spiro atoms. The fraction of sp³-hybridized carbons (Fsp3) is 0. The van der Waals surface area contributed by atoms with Crippen LogP contribution in [0, 0.1) is 0 Å². The molecule has 0 fully saturated rings. The minimum atomic E-state index is -0.418. The van der Waals surface area contributed by atoms with Gasteiger partial charge in [-0.2, -0.15) is 0 Å². The van der Waals surface area contributed by atoms with E-state index in [2.05, 4.69) is 0 Å². The summed E-state index contributed by atoms with van der Waals surface area (Å²) in [5, 5.41) is -0.187. The molecule has 1 rings (SSSR count). The highest BCUT2D eigenvalue weighted by Gasteiger charge is 2.17. The average molecular weight is 158 g/mol. The van der Waals surface area contributed by atoms with Gasteiger partial charge in [0.25, 0.3) is 0 Å². The summed E-state index contributed by atoms with van der Waals surface area (Å²) in [6, 6.07) is 0. The van der Waals surface area contributed by atoms with Crippen molar-refractivity contribution in [1.29, 1.82) is 0 Å². The molecule has 4 heteroatoms. The predicted molar refractivity (Wildman–Crippen MR) is 36.2 cm³/mol. The summed E-state index contributed by atoms with van der Waals surface area (Å²) in [6.45, 7) is 0. The third-order valence-corrected chi connectivity index (χ3v) is 1.49. The van der Waals surface area contributed by atoms with Crippen LogP contribution in [0.15, 0.2) is 22.9 Å². The van der Waals surface area contributed by atoms with Crippen molar-refractivity contribution in [3.63, 3.8) is 0 Å². The zero-order valence-electron chi connectivity index (χ0n) is 4.93. The molecule has 0 radical (unpaired) electrons. The normalized spacial score (nSPS) is 18.5. The second kappa shape index (κ2) is 2.27. The molecule has 0 amide bonds. The maximum atomic E-state index is 10.6. The van der Waals surface area contributed by atoms with Gasteiger partial charge in [0, 0.05) is 0 Å². The van der Waals surface area contributed by atoms with Crippen molar-refractivity contribution in [2.24, 2.45) is 5.73 Å². The van der Waals surface area contributed by atoms with E-state index in [4.69, 9.17) is 17.3 Å². The molecule has 0 atom stereocenters. The number of nitrogens with two attached hydrogens (primary N) is 1. The number of hydrogen-bond donors (Lipinski definition) is 1. The molecule has 0 heterocycles. The van der Waals surface area contributed by atoms with E-state index in [0.717, 1.165) is 12.2 Å². The maximum absolute atomic E-state index is 10.6. The van der Waals surface area contributed by atoms with Crippen molar-refractivity contribution in [2.75, 3.05) is 0 Å². The lowest BCUT2D eigenvalue weighted by atomic mass is 10.1. The topological polar surface area (TPSA) is 60.2 Å². The number of halogens is 1. The number of carbonyl (C=O) groups is 2. The lowest BCUT2D eigenvalue weighted by molar-refractivity contribution is -0.114. The summed E-state index contributed by atoms with van der Waals surface area (Å²) in [6.07, 6.45) is 2.20. The van der Waals surface area contributed by atoms with Crippen molar-refractivity contribution in [3.05, 3.63) is 22.9 Å². The quantitative estimate of drug-likeness (QED) is 0.508. The Kier molecular flexibility index (Phi) is 1.59. The Hall–Kier alpha value is -1.09. The van der Waals surface area contributed by atoms with Gasteiger partial charge in [0.05, 0.1) is 0 Å². The van der Waals surface area contributed by atoms with Gasteiger partial charge in [-0.05, 0) is 12.2 Å². The fourth-order valence-corrected chi connectivity index (χ4v) is 0.711. The van der Waals surface area contributed by atoms with Crippen molar-refractivity contribution >= 4 is 23.2 Å². The van der Waals surface area contributed by atoms with Gasteiger partial charge < -0.3 is 5.73 Å². The van der Waals surface area contributed by atoms with Gasteiger partial charge >= 0.3 is 0 Å². The zero-order chi connectivity index (χ0) is 7.72. The Labute approximate surface area is 62.1 Å². The Morgan fingerprint density at radius 3 is 2.20 bits per heavy atom. The van der Waals surface area contributed by atoms with Gasteiger partial charge in [0.15, 0.2) is 5.78 Å². The molecule has 0 saturated heterocycles. The summed E-state index contributed by atoms with van der Waals surface area (Å²) in [5.41, 5.74) is 4.97. The molecular formula is C6H4ClNO2. The van der Waals surface area contributed by atoms with Gasteiger partial charge in [-0.25, -0.2) is 0 Å². The highest BCUT2D eigenvalue weighted by molar-refractivity contribution is 6.47. The van der Waals surface area contributed by atoms with E-state index in [0.29, 0.717) is 0 Å². The Bertz CT molecular complexity index is 239. The van der Waals surface area contributed by atoms with E-state index in [1.54, 1.807) is 0 Å². The molecular weight excluding hydrogens is 154 g/mol. The zero-order valence-corrected chi connectivity index (χ0v) is 5.68. The minimum absolute atomic E-state index is 0.172. The first-order valence-corrected chi connectivity index (χ1v) is 2.92. The highest BCUT2D eigenvalue weighted by atomic mass is 35.5. The van der Waals surface area contributed by atoms with Crippen LogP contribution < -0.4 is 5.73 Å². The standard InChI is InChI=1S/C6H4ClNO2/c7-5-3(9)1-2-4(10)6(5)8/h1-2H,8H2. The van der Waals surface area contributed by atoms with Gasteiger partial charge in [0.1, 0.15) is 10.7 Å². The van der Waals surface area contributed by atoms with E-state index in [-0.39, 0.29) is 10.7 Å². The molecule has 0 aliphatic heterocycles. The van der Waals surface area contributed by atoms with E-state index in [1.165, 1.54) is 0 Å². The molecule has 1 aliphatic carbocycles. The van der Waals surface area contributed by atoms with Crippen molar-refractivity contribution in [1.82, 2.24) is 0 Å². The smallest absolute Gasteiger partial charge is 0.203 e. The first kappa shape index (κ1) is 7.02. The van der Waals surface area contributed by atoms with E-state index >= 15 is 0 Å².